The summed E-state index contributed by atoms with van der Waals surface area (Å²) in [5, 5.41) is 5.74. The van der Waals surface area contributed by atoms with Gasteiger partial charge in [0.2, 0.25) is 15.2 Å². The van der Waals surface area contributed by atoms with Crippen molar-refractivity contribution in [1.82, 2.24) is 9.36 Å². The predicted molar refractivity (Wildman–Crippen MR) is 94.2 cm³/mol. The lowest BCUT2D eigenvalue weighted by atomic mass is 10.1. The van der Waals surface area contributed by atoms with Crippen molar-refractivity contribution < 1.29 is 17.2 Å². The Hall–Kier alpha value is -1.65. The molecule has 0 amide bonds. The second-order valence-corrected chi connectivity index (χ2v) is 9.02. The molecular formula is C16H18F2N4O2S2. The maximum Gasteiger partial charge on any atom is 0.266 e. The van der Waals surface area contributed by atoms with Crippen molar-refractivity contribution in [1.29, 1.82) is 0 Å². The monoisotopic (exact) mass is 400 g/mol. The summed E-state index contributed by atoms with van der Waals surface area (Å²) in [6.45, 7) is 1.77. The molecule has 0 spiro atoms. The molecular weight excluding hydrogens is 382 g/mol. The molecule has 10 heteroatoms. The van der Waals surface area contributed by atoms with Crippen molar-refractivity contribution in [3.8, 4) is 0 Å². The van der Waals surface area contributed by atoms with Gasteiger partial charge in [-0.1, -0.05) is 12.1 Å². The Balaban J connectivity index is 1.55. The van der Waals surface area contributed by atoms with Crippen LogP contribution in [0.1, 0.15) is 42.5 Å². The molecule has 1 aliphatic carbocycles. The van der Waals surface area contributed by atoms with E-state index in [0.29, 0.717) is 10.7 Å². The molecule has 0 bridgehead atoms. The molecule has 1 aromatic heterocycles. The highest BCUT2D eigenvalue weighted by Gasteiger charge is 2.71. The summed E-state index contributed by atoms with van der Waals surface area (Å²) in [5.74, 6) is -4.89. The average molecular weight is 400 g/mol. The second-order valence-electron chi connectivity index (χ2n) is 6.73. The minimum atomic E-state index is -3.84. The van der Waals surface area contributed by atoms with Crippen molar-refractivity contribution in [3.63, 3.8) is 0 Å². The summed E-state index contributed by atoms with van der Waals surface area (Å²) in [6, 6.07) is 5.28. The Labute approximate surface area is 154 Å². The number of nitrogens with zero attached hydrogens (tertiary/aromatic N) is 3. The van der Waals surface area contributed by atoms with Crippen LogP contribution < -0.4 is 10.0 Å². The zero-order chi connectivity index (χ0) is 18.5. The van der Waals surface area contributed by atoms with Gasteiger partial charge < -0.3 is 4.90 Å². The fraction of sp³-hybridized carbons (Fsp3) is 0.500. The van der Waals surface area contributed by atoms with Crippen LogP contribution in [0.4, 0.5) is 13.9 Å². The fourth-order valence-corrected chi connectivity index (χ4v) is 4.77. The predicted octanol–water partition coefficient (Wildman–Crippen LogP) is 2.69. The molecule has 0 radical (unpaired) electrons. The number of sulfonamides is 1. The maximum absolute atomic E-state index is 14.4. The Bertz CT molecular complexity index is 909. The number of nitrogens with two attached hydrogens (primary N) is 1. The van der Waals surface area contributed by atoms with Gasteiger partial charge in [-0.25, -0.2) is 27.3 Å². The number of aromatic nitrogens is 2. The number of piperidine rings is 1. The summed E-state index contributed by atoms with van der Waals surface area (Å²) in [6.07, 6.45) is 3.33. The van der Waals surface area contributed by atoms with E-state index in [9.17, 15) is 17.2 Å². The molecule has 2 fully saturated rings. The molecule has 1 aliphatic heterocycles. The van der Waals surface area contributed by atoms with Gasteiger partial charge in [-0.05, 0) is 37.0 Å². The van der Waals surface area contributed by atoms with Crippen molar-refractivity contribution in [2.24, 2.45) is 5.14 Å². The first kappa shape index (κ1) is 17.7. The Kier molecular flexibility index (Phi) is 4.24. The quantitative estimate of drug-likeness (QED) is 0.852. The maximum atomic E-state index is 14.4. The third-order valence-electron chi connectivity index (χ3n) is 4.96. The molecule has 26 heavy (non-hydrogen) atoms. The lowest BCUT2D eigenvalue weighted by Crippen LogP contribution is -2.29. The molecule has 2 heterocycles. The van der Waals surface area contributed by atoms with Crippen molar-refractivity contribution in [2.75, 3.05) is 18.0 Å². The largest absolute Gasteiger partial charge is 0.347 e. The van der Waals surface area contributed by atoms with Crippen LogP contribution in [-0.2, 0) is 10.0 Å². The van der Waals surface area contributed by atoms with Crippen LogP contribution in [-0.4, -0.2) is 36.8 Å². The lowest BCUT2D eigenvalue weighted by molar-refractivity contribution is 0.104. The topological polar surface area (TPSA) is 89.2 Å². The van der Waals surface area contributed by atoms with Crippen LogP contribution in [0.25, 0.3) is 0 Å². The van der Waals surface area contributed by atoms with Crippen LogP contribution >= 0.6 is 11.5 Å². The molecule has 2 N–H and O–H groups in total. The number of hydrogen-bond donors (Lipinski definition) is 1. The number of alkyl halides is 2. The van der Waals surface area contributed by atoms with Crippen LogP contribution in [0.2, 0.25) is 0 Å². The van der Waals surface area contributed by atoms with Crippen LogP contribution in [0, 0.1) is 0 Å². The smallest absolute Gasteiger partial charge is 0.266 e. The second kappa shape index (κ2) is 6.21. The van der Waals surface area contributed by atoms with Gasteiger partial charge in [0.15, 0.2) is 5.82 Å². The number of benzene rings is 1. The van der Waals surface area contributed by atoms with Gasteiger partial charge in [0, 0.05) is 24.6 Å². The first-order valence-electron chi connectivity index (χ1n) is 8.37. The minimum Gasteiger partial charge on any atom is -0.347 e. The molecule has 140 valence electrons. The van der Waals surface area contributed by atoms with E-state index in [-0.39, 0.29) is 10.7 Å². The lowest BCUT2D eigenvalue weighted by Gasteiger charge is -2.25. The normalized spacial score (nSPS) is 25.3. The molecule has 1 saturated heterocycles. The number of primary sulfonamides is 1. The highest BCUT2D eigenvalue weighted by atomic mass is 32.2. The third-order valence-corrected chi connectivity index (χ3v) is 6.68. The molecule has 4 rings (SSSR count). The molecule has 2 aliphatic rings. The van der Waals surface area contributed by atoms with Gasteiger partial charge >= 0.3 is 0 Å². The Morgan fingerprint density at radius 2 is 1.77 bits per heavy atom. The number of halogens is 2. The molecule has 1 saturated carbocycles. The van der Waals surface area contributed by atoms with E-state index < -0.39 is 27.8 Å². The van der Waals surface area contributed by atoms with E-state index in [1.165, 1.54) is 30.7 Å². The first-order chi connectivity index (χ1) is 12.3. The van der Waals surface area contributed by atoms with Crippen molar-refractivity contribution in [3.05, 3.63) is 35.7 Å². The number of anilines is 1. The molecule has 2 atom stereocenters. The zero-order valence-electron chi connectivity index (χ0n) is 13.8. The SMILES string of the molecule is NS(=O)(=O)c1ccc(C2C(c3nsc(N4CCCCC4)n3)C2(F)F)cc1. The van der Waals surface area contributed by atoms with Gasteiger partial charge in [-0.15, -0.1) is 0 Å². The van der Waals surface area contributed by atoms with E-state index in [1.807, 2.05) is 0 Å². The van der Waals surface area contributed by atoms with E-state index in [0.717, 1.165) is 37.5 Å². The summed E-state index contributed by atoms with van der Waals surface area (Å²) in [5.41, 5.74) is 0.363. The minimum absolute atomic E-state index is 0.0964. The van der Waals surface area contributed by atoms with E-state index in [1.54, 1.807) is 0 Å². The highest BCUT2D eigenvalue weighted by molar-refractivity contribution is 7.89. The summed E-state index contributed by atoms with van der Waals surface area (Å²) in [7, 11) is -3.84. The van der Waals surface area contributed by atoms with Gasteiger partial charge in [-0.3, -0.25) is 0 Å². The summed E-state index contributed by atoms with van der Waals surface area (Å²) < 4.78 is 55.6. The van der Waals surface area contributed by atoms with Gasteiger partial charge in [0.25, 0.3) is 5.92 Å². The Morgan fingerprint density at radius 3 is 2.38 bits per heavy atom. The van der Waals surface area contributed by atoms with E-state index >= 15 is 0 Å². The number of rotatable bonds is 4. The van der Waals surface area contributed by atoms with Crippen molar-refractivity contribution >= 4 is 26.7 Å². The third kappa shape index (κ3) is 3.10. The van der Waals surface area contributed by atoms with Gasteiger partial charge in [-0.2, -0.15) is 4.37 Å². The first-order valence-corrected chi connectivity index (χ1v) is 10.7. The van der Waals surface area contributed by atoms with E-state index in [2.05, 4.69) is 14.3 Å². The van der Waals surface area contributed by atoms with Crippen LogP contribution in [0.3, 0.4) is 0 Å². The standard InChI is InChI=1S/C16H18F2N4O2S2/c17-16(18)12(10-4-6-11(7-5-10)26(19,23)24)13(16)14-20-15(25-21-14)22-8-2-1-3-9-22/h4-7,12-13H,1-3,8-9H2,(H2,19,23,24). The summed E-state index contributed by atoms with van der Waals surface area (Å²) in [4.78, 5) is 6.36. The van der Waals surface area contributed by atoms with Crippen LogP contribution in [0.5, 0.6) is 0 Å². The summed E-state index contributed by atoms with van der Waals surface area (Å²) >= 11 is 1.16. The van der Waals surface area contributed by atoms with Crippen LogP contribution in [0.15, 0.2) is 29.2 Å². The molecule has 6 nitrogen and oxygen atoms in total. The van der Waals surface area contributed by atoms with Gasteiger partial charge in [0.1, 0.15) is 0 Å². The average Bonchev–Trinajstić information content (AvgIpc) is 2.95. The molecule has 2 aromatic rings. The molecule has 1 aromatic carbocycles. The van der Waals surface area contributed by atoms with Gasteiger partial charge in [0.05, 0.1) is 16.7 Å². The van der Waals surface area contributed by atoms with E-state index in [4.69, 9.17) is 5.14 Å². The molecule has 2 unspecified atom stereocenters. The fourth-order valence-electron chi connectivity index (χ4n) is 3.49. The zero-order valence-corrected chi connectivity index (χ0v) is 15.4. The number of hydrogen-bond acceptors (Lipinski definition) is 6. The van der Waals surface area contributed by atoms with Crippen molar-refractivity contribution in [2.45, 2.75) is 41.9 Å². The Morgan fingerprint density at radius 1 is 1.12 bits per heavy atom. The highest BCUT2D eigenvalue weighted by Crippen LogP contribution is 2.66.